The number of rotatable bonds is 6. The summed E-state index contributed by atoms with van der Waals surface area (Å²) in [5, 5.41) is 20.0. The lowest BCUT2D eigenvalue weighted by Gasteiger charge is -2.11. The van der Waals surface area contributed by atoms with Crippen molar-refractivity contribution in [1.29, 1.82) is 0 Å². The third kappa shape index (κ3) is 4.01. The number of aromatic hydroxyl groups is 1. The van der Waals surface area contributed by atoms with Gasteiger partial charge >= 0.3 is 0 Å². The molecule has 2 heterocycles. The summed E-state index contributed by atoms with van der Waals surface area (Å²) in [6, 6.07) is 6.72. The van der Waals surface area contributed by atoms with E-state index in [9.17, 15) is 9.90 Å². The van der Waals surface area contributed by atoms with Crippen molar-refractivity contribution in [1.82, 2.24) is 31.3 Å². The van der Waals surface area contributed by atoms with Gasteiger partial charge in [-0.25, -0.2) is 15.8 Å². The predicted molar refractivity (Wildman–Crippen MR) is 85.6 cm³/mol. The topological polar surface area (TPSA) is 115 Å². The van der Waals surface area contributed by atoms with Crippen LogP contribution in [-0.2, 0) is 4.79 Å². The van der Waals surface area contributed by atoms with Crippen LogP contribution in [0.3, 0.4) is 0 Å². The summed E-state index contributed by atoms with van der Waals surface area (Å²) >= 11 is 1.50. The Morgan fingerprint density at radius 2 is 2.26 bits per heavy atom. The second kappa shape index (κ2) is 7.44. The SMILES string of the molecule is O=C(NCCSc1ncn[nH]1)C1CC(c2ccccc2O)NN1. The van der Waals surface area contributed by atoms with Crippen LogP contribution in [0.2, 0.25) is 0 Å². The van der Waals surface area contributed by atoms with Gasteiger partial charge in [-0.3, -0.25) is 9.89 Å². The summed E-state index contributed by atoms with van der Waals surface area (Å²) in [6.45, 7) is 0.545. The van der Waals surface area contributed by atoms with Gasteiger partial charge in [-0.2, -0.15) is 5.10 Å². The highest BCUT2D eigenvalue weighted by Gasteiger charge is 2.30. The molecule has 0 spiro atoms. The van der Waals surface area contributed by atoms with Crippen molar-refractivity contribution in [2.45, 2.75) is 23.7 Å². The molecule has 2 aromatic rings. The second-order valence-electron chi connectivity index (χ2n) is 5.12. The van der Waals surface area contributed by atoms with E-state index in [1.54, 1.807) is 12.1 Å². The highest BCUT2D eigenvalue weighted by molar-refractivity contribution is 7.99. The highest BCUT2D eigenvalue weighted by Crippen LogP contribution is 2.29. The Kier molecular flexibility index (Phi) is 5.11. The largest absolute Gasteiger partial charge is 0.508 e. The van der Waals surface area contributed by atoms with Crippen LogP contribution in [0.25, 0.3) is 0 Å². The van der Waals surface area contributed by atoms with Crippen LogP contribution in [0.5, 0.6) is 5.75 Å². The number of nitrogens with one attached hydrogen (secondary N) is 4. The van der Waals surface area contributed by atoms with Crippen molar-refractivity contribution in [3.05, 3.63) is 36.2 Å². The molecular weight excluding hydrogens is 316 g/mol. The van der Waals surface area contributed by atoms with Crippen LogP contribution in [0.1, 0.15) is 18.0 Å². The number of para-hydroxylation sites is 1. The van der Waals surface area contributed by atoms with Gasteiger partial charge < -0.3 is 10.4 Å². The van der Waals surface area contributed by atoms with Crippen LogP contribution < -0.4 is 16.2 Å². The number of nitrogens with zero attached hydrogens (tertiary/aromatic N) is 2. The minimum atomic E-state index is -0.324. The summed E-state index contributed by atoms with van der Waals surface area (Å²) in [5.74, 6) is 0.883. The highest BCUT2D eigenvalue weighted by atomic mass is 32.2. The minimum absolute atomic E-state index is 0.0615. The van der Waals surface area contributed by atoms with Crippen molar-refractivity contribution in [2.24, 2.45) is 0 Å². The van der Waals surface area contributed by atoms with E-state index in [2.05, 4.69) is 31.3 Å². The van der Waals surface area contributed by atoms with Gasteiger partial charge in [0.05, 0.1) is 6.04 Å². The number of phenolic OH excluding ortho intramolecular Hbond substituents is 1. The van der Waals surface area contributed by atoms with E-state index in [0.29, 0.717) is 18.7 Å². The van der Waals surface area contributed by atoms with E-state index in [4.69, 9.17) is 0 Å². The third-order valence-electron chi connectivity index (χ3n) is 3.56. The average molecular weight is 334 g/mol. The summed E-state index contributed by atoms with van der Waals surface area (Å²) in [7, 11) is 0. The zero-order valence-corrected chi connectivity index (χ0v) is 13.1. The second-order valence-corrected chi connectivity index (χ2v) is 6.20. The van der Waals surface area contributed by atoms with Crippen LogP contribution in [0.4, 0.5) is 0 Å². The van der Waals surface area contributed by atoms with Crippen molar-refractivity contribution < 1.29 is 9.90 Å². The summed E-state index contributed by atoms with van der Waals surface area (Å²) in [5.41, 5.74) is 6.82. The van der Waals surface area contributed by atoms with E-state index >= 15 is 0 Å². The molecule has 3 rings (SSSR count). The summed E-state index contributed by atoms with van der Waals surface area (Å²) in [6.07, 6.45) is 2.03. The quantitative estimate of drug-likeness (QED) is 0.382. The zero-order chi connectivity index (χ0) is 16.1. The molecular formula is C14H18N6O2S. The Morgan fingerprint density at radius 1 is 1.39 bits per heavy atom. The molecule has 1 fully saturated rings. The fraction of sp³-hybridized carbons (Fsp3) is 0.357. The van der Waals surface area contributed by atoms with Crippen LogP contribution in [-0.4, -0.2) is 44.5 Å². The number of hydrogen-bond acceptors (Lipinski definition) is 7. The fourth-order valence-electron chi connectivity index (χ4n) is 2.42. The van der Waals surface area contributed by atoms with Crippen LogP contribution >= 0.6 is 11.8 Å². The molecule has 122 valence electrons. The molecule has 1 amide bonds. The Balaban J connectivity index is 1.43. The molecule has 1 aliphatic rings. The third-order valence-corrected chi connectivity index (χ3v) is 4.44. The monoisotopic (exact) mass is 334 g/mol. The maximum atomic E-state index is 12.1. The molecule has 1 aliphatic heterocycles. The van der Waals surface area contributed by atoms with Gasteiger partial charge in [-0.05, 0) is 12.5 Å². The predicted octanol–water partition coefficient (Wildman–Crippen LogP) is 0.326. The number of benzene rings is 1. The molecule has 9 heteroatoms. The van der Waals surface area contributed by atoms with Gasteiger partial charge in [0, 0.05) is 17.9 Å². The normalized spacial score (nSPS) is 20.5. The first kappa shape index (κ1) is 15.8. The molecule has 0 radical (unpaired) electrons. The van der Waals surface area contributed by atoms with Gasteiger partial charge in [-0.15, -0.1) is 0 Å². The Hall–Kier alpha value is -2.10. The molecule has 5 N–H and O–H groups in total. The minimum Gasteiger partial charge on any atom is -0.508 e. The zero-order valence-electron chi connectivity index (χ0n) is 12.3. The van der Waals surface area contributed by atoms with E-state index in [1.807, 2.05) is 12.1 Å². The Labute approximate surface area is 137 Å². The fourth-order valence-corrected chi connectivity index (χ4v) is 3.06. The number of aromatic nitrogens is 3. The van der Waals surface area contributed by atoms with E-state index in [0.717, 1.165) is 10.7 Å². The molecule has 2 atom stereocenters. The smallest absolute Gasteiger partial charge is 0.238 e. The van der Waals surface area contributed by atoms with E-state index in [1.165, 1.54) is 18.1 Å². The first-order chi connectivity index (χ1) is 11.2. The molecule has 1 aromatic heterocycles. The van der Waals surface area contributed by atoms with Gasteiger partial charge in [0.15, 0.2) is 5.16 Å². The van der Waals surface area contributed by atoms with Crippen molar-refractivity contribution >= 4 is 17.7 Å². The van der Waals surface area contributed by atoms with Crippen LogP contribution in [0, 0.1) is 0 Å². The van der Waals surface area contributed by atoms with Gasteiger partial charge in [-0.1, -0.05) is 30.0 Å². The van der Waals surface area contributed by atoms with Gasteiger partial charge in [0.1, 0.15) is 18.1 Å². The summed E-state index contributed by atoms with van der Waals surface area (Å²) in [4.78, 5) is 16.1. The lowest BCUT2D eigenvalue weighted by atomic mass is 10.0. The molecule has 2 unspecified atom stereocenters. The molecule has 0 aliphatic carbocycles. The lowest BCUT2D eigenvalue weighted by Crippen LogP contribution is -2.43. The molecule has 1 saturated heterocycles. The first-order valence-corrected chi connectivity index (χ1v) is 8.27. The van der Waals surface area contributed by atoms with Crippen LogP contribution in [0.15, 0.2) is 35.7 Å². The molecule has 0 saturated carbocycles. The van der Waals surface area contributed by atoms with E-state index < -0.39 is 0 Å². The Morgan fingerprint density at radius 3 is 3.04 bits per heavy atom. The first-order valence-electron chi connectivity index (χ1n) is 7.29. The number of carbonyl (C=O) groups excluding carboxylic acids is 1. The maximum absolute atomic E-state index is 12.1. The molecule has 1 aromatic carbocycles. The van der Waals surface area contributed by atoms with Crippen molar-refractivity contribution in [2.75, 3.05) is 12.3 Å². The van der Waals surface area contributed by atoms with Gasteiger partial charge in [0.25, 0.3) is 0 Å². The molecule has 8 nitrogen and oxygen atoms in total. The number of hydrazine groups is 1. The lowest BCUT2D eigenvalue weighted by molar-refractivity contribution is -0.122. The van der Waals surface area contributed by atoms with Gasteiger partial charge in [0.2, 0.25) is 5.91 Å². The summed E-state index contributed by atoms with van der Waals surface area (Å²) < 4.78 is 0. The maximum Gasteiger partial charge on any atom is 0.238 e. The molecule has 0 bridgehead atoms. The molecule has 23 heavy (non-hydrogen) atoms. The van der Waals surface area contributed by atoms with Crippen molar-refractivity contribution in [3.8, 4) is 5.75 Å². The number of H-pyrrole nitrogens is 1. The van der Waals surface area contributed by atoms with E-state index in [-0.39, 0.29) is 23.7 Å². The van der Waals surface area contributed by atoms with Crippen molar-refractivity contribution in [3.63, 3.8) is 0 Å². The number of carbonyl (C=O) groups is 1. The number of amides is 1. The Bertz CT molecular complexity index is 650. The average Bonchev–Trinajstić information content (AvgIpc) is 3.23. The number of aromatic amines is 1. The number of phenols is 1. The number of hydrogen-bond donors (Lipinski definition) is 5. The number of thioether (sulfide) groups is 1. The standard InChI is InChI=1S/C14H18N6O2S/c21-12-4-2-1-3-9(12)10-7-11(19-18-10)13(22)15-5-6-23-14-16-8-17-20-14/h1-4,8,10-11,18-19,21H,5-7H2,(H,15,22)(H,16,17,20).